The fourth-order valence-corrected chi connectivity index (χ4v) is 2.61. The standard InChI is InChI=1S/C22H23N3O6/c1-14-4-9-18-19(12-14)24-13-20(25-18)31-17-7-5-16(6-8-17)30-15(2)21(26)29-11-10-23-22(27)28-3/h4-9,12-13,15H,10-11H2,1-3H3,(H,23,27)/t15-/m1/s1. The molecule has 0 saturated carbocycles. The summed E-state index contributed by atoms with van der Waals surface area (Å²) in [6.07, 6.45) is 0.159. The number of nitrogens with zero attached hydrogens (tertiary/aromatic N) is 2. The lowest BCUT2D eigenvalue weighted by Crippen LogP contribution is -2.31. The number of ether oxygens (including phenoxy) is 4. The quantitative estimate of drug-likeness (QED) is 0.432. The molecule has 162 valence electrons. The second-order valence-corrected chi connectivity index (χ2v) is 6.62. The van der Waals surface area contributed by atoms with Crippen molar-refractivity contribution in [1.29, 1.82) is 0 Å². The summed E-state index contributed by atoms with van der Waals surface area (Å²) in [6, 6.07) is 12.6. The first-order chi connectivity index (χ1) is 14.9. The van der Waals surface area contributed by atoms with E-state index in [9.17, 15) is 9.59 Å². The number of carbonyl (C=O) groups is 2. The van der Waals surface area contributed by atoms with E-state index in [4.69, 9.17) is 14.2 Å². The Morgan fingerprint density at radius 1 is 1.06 bits per heavy atom. The van der Waals surface area contributed by atoms with Crippen LogP contribution in [0.4, 0.5) is 4.79 Å². The summed E-state index contributed by atoms with van der Waals surface area (Å²) in [5.74, 6) is 0.859. The molecule has 1 heterocycles. The van der Waals surface area contributed by atoms with E-state index in [0.717, 1.165) is 16.6 Å². The van der Waals surface area contributed by atoms with E-state index in [1.807, 2.05) is 25.1 Å². The molecule has 1 aromatic heterocycles. The molecule has 0 radical (unpaired) electrons. The lowest BCUT2D eigenvalue weighted by Gasteiger charge is -2.14. The molecule has 9 heteroatoms. The fraction of sp³-hybridized carbons (Fsp3) is 0.273. The van der Waals surface area contributed by atoms with E-state index < -0.39 is 18.2 Å². The van der Waals surface area contributed by atoms with E-state index in [1.54, 1.807) is 37.4 Å². The first-order valence-electron chi connectivity index (χ1n) is 9.61. The van der Waals surface area contributed by atoms with Crippen LogP contribution in [0.25, 0.3) is 11.0 Å². The smallest absolute Gasteiger partial charge is 0.406 e. The number of nitrogens with one attached hydrogen (secondary N) is 1. The highest BCUT2D eigenvalue weighted by molar-refractivity contribution is 5.75. The number of methoxy groups -OCH3 is 1. The number of fused-ring (bicyclic) bond motifs is 1. The molecule has 1 N–H and O–H groups in total. The molecule has 1 atom stereocenters. The minimum absolute atomic E-state index is 0.0147. The summed E-state index contributed by atoms with van der Waals surface area (Å²) < 4.78 is 20.8. The van der Waals surface area contributed by atoms with Crippen LogP contribution in [-0.2, 0) is 14.3 Å². The number of esters is 1. The Bertz CT molecular complexity index is 1050. The third-order valence-electron chi connectivity index (χ3n) is 4.17. The van der Waals surface area contributed by atoms with Crippen molar-refractivity contribution < 1.29 is 28.5 Å². The van der Waals surface area contributed by atoms with Gasteiger partial charge in [0.25, 0.3) is 0 Å². The van der Waals surface area contributed by atoms with Crippen molar-refractivity contribution in [2.75, 3.05) is 20.3 Å². The number of rotatable bonds is 8. The molecule has 2 aromatic carbocycles. The third kappa shape index (κ3) is 6.30. The van der Waals surface area contributed by atoms with E-state index >= 15 is 0 Å². The Labute approximate surface area is 179 Å². The van der Waals surface area contributed by atoms with Crippen LogP contribution in [0.2, 0.25) is 0 Å². The van der Waals surface area contributed by atoms with Crippen LogP contribution in [0.3, 0.4) is 0 Å². The maximum Gasteiger partial charge on any atom is 0.406 e. The van der Waals surface area contributed by atoms with Crippen LogP contribution in [0.1, 0.15) is 12.5 Å². The number of amides is 1. The zero-order valence-electron chi connectivity index (χ0n) is 17.5. The molecule has 3 rings (SSSR count). The van der Waals surface area contributed by atoms with Crippen molar-refractivity contribution in [1.82, 2.24) is 15.3 Å². The van der Waals surface area contributed by atoms with Crippen LogP contribution in [-0.4, -0.2) is 48.4 Å². The number of alkyl carbamates (subject to hydrolysis) is 1. The predicted octanol–water partition coefficient (Wildman–Crippen LogP) is 3.40. The molecule has 0 aliphatic rings. The number of carbonyl (C=O) groups excluding carboxylic acids is 2. The molecule has 0 saturated heterocycles. The largest absolute Gasteiger partial charge is 0.479 e. The molecule has 0 aliphatic carbocycles. The van der Waals surface area contributed by atoms with Crippen LogP contribution in [0.5, 0.6) is 17.4 Å². The Morgan fingerprint density at radius 3 is 2.55 bits per heavy atom. The van der Waals surface area contributed by atoms with Gasteiger partial charge in [0.15, 0.2) is 6.10 Å². The van der Waals surface area contributed by atoms with Gasteiger partial charge in [-0.2, -0.15) is 0 Å². The molecule has 0 fully saturated rings. The average Bonchev–Trinajstić information content (AvgIpc) is 2.77. The highest BCUT2D eigenvalue weighted by atomic mass is 16.6. The second kappa shape index (κ2) is 10.2. The zero-order chi connectivity index (χ0) is 22.2. The summed E-state index contributed by atoms with van der Waals surface area (Å²) >= 11 is 0. The minimum Gasteiger partial charge on any atom is -0.479 e. The van der Waals surface area contributed by atoms with Crippen molar-refractivity contribution in [3.63, 3.8) is 0 Å². The highest BCUT2D eigenvalue weighted by Crippen LogP contribution is 2.24. The molecule has 0 bridgehead atoms. The Balaban J connectivity index is 1.51. The average molecular weight is 425 g/mol. The van der Waals surface area contributed by atoms with Crippen molar-refractivity contribution in [3.05, 3.63) is 54.2 Å². The summed E-state index contributed by atoms with van der Waals surface area (Å²) in [7, 11) is 1.25. The number of aromatic nitrogens is 2. The van der Waals surface area contributed by atoms with Gasteiger partial charge in [-0.1, -0.05) is 6.07 Å². The topological polar surface area (TPSA) is 109 Å². The minimum atomic E-state index is -0.820. The third-order valence-corrected chi connectivity index (χ3v) is 4.17. The van der Waals surface area contributed by atoms with Gasteiger partial charge in [0.05, 0.1) is 30.9 Å². The van der Waals surface area contributed by atoms with Gasteiger partial charge in [0, 0.05) is 0 Å². The van der Waals surface area contributed by atoms with Gasteiger partial charge in [-0.25, -0.2) is 19.6 Å². The van der Waals surface area contributed by atoms with Crippen molar-refractivity contribution in [2.24, 2.45) is 0 Å². The molecule has 3 aromatic rings. The predicted molar refractivity (Wildman–Crippen MR) is 112 cm³/mol. The lowest BCUT2D eigenvalue weighted by molar-refractivity contribution is -0.150. The van der Waals surface area contributed by atoms with E-state index in [-0.39, 0.29) is 13.2 Å². The normalized spacial score (nSPS) is 11.5. The summed E-state index contributed by atoms with van der Waals surface area (Å²) in [5.41, 5.74) is 2.66. The molecular weight excluding hydrogens is 402 g/mol. The van der Waals surface area contributed by atoms with Crippen LogP contribution >= 0.6 is 0 Å². The first-order valence-corrected chi connectivity index (χ1v) is 9.61. The van der Waals surface area contributed by atoms with Crippen molar-refractivity contribution in [3.8, 4) is 17.4 Å². The molecule has 0 aliphatic heterocycles. The number of hydrogen-bond acceptors (Lipinski definition) is 8. The maximum absolute atomic E-state index is 12.0. The lowest BCUT2D eigenvalue weighted by atomic mass is 10.2. The van der Waals surface area contributed by atoms with E-state index in [0.29, 0.717) is 17.4 Å². The molecule has 31 heavy (non-hydrogen) atoms. The molecule has 0 spiro atoms. The van der Waals surface area contributed by atoms with Crippen LogP contribution < -0.4 is 14.8 Å². The van der Waals surface area contributed by atoms with Crippen LogP contribution in [0, 0.1) is 6.92 Å². The second-order valence-electron chi connectivity index (χ2n) is 6.62. The number of aryl methyl sites for hydroxylation is 1. The van der Waals surface area contributed by atoms with E-state index in [2.05, 4.69) is 20.0 Å². The van der Waals surface area contributed by atoms with Gasteiger partial charge < -0.3 is 24.3 Å². The van der Waals surface area contributed by atoms with Gasteiger partial charge >= 0.3 is 12.1 Å². The number of benzene rings is 2. The molecule has 9 nitrogen and oxygen atoms in total. The van der Waals surface area contributed by atoms with Gasteiger partial charge in [0.1, 0.15) is 18.1 Å². The molecule has 0 unspecified atom stereocenters. The number of hydrogen-bond donors (Lipinski definition) is 1. The summed E-state index contributed by atoms with van der Waals surface area (Å²) in [6.45, 7) is 3.74. The summed E-state index contributed by atoms with van der Waals surface area (Å²) in [5, 5.41) is 2.41. The fourth-order valence-electron chi connectivity index (χ4n) is 2.61. The van der Waals surface area contributed by atoms with Gasteiger partial charge in [0.2, 0.25) is 5.88 Å². The van der Waals surface area contributed by atoms with Crippen LogP contribution in [0.15, 0.2) is 48.7 Å². The molecular formula is C22H23N3O6. The van der Waals surface area contributed by atoms with Gasteiger partial charge in [-0.15, -0.1) is 0 Å². The SMILES string of the molecule is COC(=O)NCCOC(=O)[C@@H](C)Oc1ccc(Oc2cnc3cc(C)ccc3n2)cc1. The van der Waals surface area contributed by atoms with Gasteiger partial charge in [-0.05, 0) is 55.8 Å². The first kappa shape index (κ1) is 21.8. The Hall–Kier alpha value is -3.88. The molecule has 1 amide bonds. The highest BCUT2D eigenvalue weighted by Gasteiger charge is 2.16. The van der Waals surface area contributed by atoms with Gasteiger partial charge in [-0.3, -0.25) is 0 Å². The monoisotopic (exact) mass is 425 g/mol. The Morgan fingerprint density at radius 2 is 1.81 bits per heavy atom. The van der Waals surface area contributed by atoms with Crippen molar-refractivity contribution >= 4 is 23.1 Å². The van der Waals surface area contributed by atoms with E-state index in [1.165, 1.54) is 7.11 Å². The summed E-state index contributed by atoms with van der Waals surface area (Å²) in [4.78, 5) is 31.7. The Kier molecular flexibility index (Phi) is 7.21. The maximum atomic E-state index is 12.0. The van der Waals surface area contributed by atoms with Crippen molar-refractivity contribution in [2.45, 2.75) is 20.0 Å². The zero-order valence-corrected chi connectivity index (χ0v) is 17.5.